The van der Waals surface area contributed by atoms with Crippen LogP contribution < -0.4 is 16.8 Å². The second-order valence-corrected chi connectivity index (χ2v) is 7.01. The molecule has 1 aliphatic carbocycles. The molecule has 1 saturated carbocycles. The van der Waals surface area contributed by atoms with Crippen LogP contribution in [0, 0.1) is 5.41 Å². The fourth-order valence-electron chi connectivity index (χ4n) is 2.42. The second-order valence-electron chi connectivity index (χ2n) is 5.18. The Kier molecular flexibility index (Phi) is 4.30. The van der Waals surface area contributed by atoms with E-state index in [4.69, 9.17) is 11.5 Å². The molecule has 0 bridgehead atoms. The van der Waals surface area contributed by atoms with Crippen LogP contribution in [-0.2, 0) is 0 Å². The van der Waals surface area contributed by atoms with E-state index in [0.29, 0.717) is 16.0 Å². The van der Waals surface area contributed by atoms with Crippen molar-refractivity contribution in [3.05, 3.63) is 4.88 Å². The highest BCUT2D eigenvalue weighted by Gasteiger charge is 2.41. The van der Waals surface area contributed by atoms with Gasteiger partial charge in [-0.15, -0.1) is 23.1 Å². The maximum atomic E-state index is 11.3. The molecular formula is C13H21N3OS2. The van der Waals surface area contributed by atoms with Crippen LogP contribution in [0.25, 0.3) is 0 Å². The maximum absolute atomic E-state index is 11.3. The first-order valence-electron chi connectivity index (χ1n) is 6.53. The summed E-state index contributed by atoms with van der Waals surface area (Å²) in [6, 6.07) is 0. The number of carbonyl (C=O) groups excluding carboxylic acids is 1. The molecule has 2 rings (SSSR count). The van der Waals surface area contributed by atoms with Gasteiger partial charge < -0.3 is 16.8 Å². The number of thiophene rings is 1. The van der Waals surface area contributed by atoms with Crippen LogP contribution >= 0.6 is 23.1 Å². The first kappa shape index (κ1) is 14.5. The van der Waals surface area contributed by atoms with Crippen molar-refractivity contribution in [2.24, 2.45) is 11.1 Å². The number of hydrogen-bond acceptors (Lipinski definition) is 5. The summed E-state index contributed by atoms with van der Waals surface area (Å²) < 4.78 is 0. The standard InChI is InChI=1S/C13H21N3OS2/c1-3-4-13(5-6-13)7-16-12-10(18-2)8(14)9(19-12)11(15)17/h16H,3-7,14H2,1-2H3,(H2,15,17). The van der Waals surface area contributed by atoms with Crippen molar-refractivity contribution in [3.8, 4) is 0 Å². The first-order valence-corrected chi connectivity index (χ1v) is 8.57. The lowest BCUT2D eigenvalue weighted by Crippen LogP contribution is -2.14. The molecule has 0 unspecified atom stereocenters. The number of nitrogens with two attached hydrogens (primary N) is 2. The molecule has 106 valence electrons. The minimum atomic E-state index is -0.444. The maximum Gasteiger partial charge on any atom is 0.261 e. The lowest BCUT2D eigenvalue weighted by molar-refractivity contribution is 0.100. The number of nitrogens with one attached hydrogen (secondary N) is 1. The van der Waals surface area contributed by atoms with Gasteiger partial charge in [-0.2, -0.15) is 0 Å². The van der Waals surface area contributed by atoms with Crippen LogP contribution in [0.4, 0.5) is 10.7 Å². The Hall–Kier alpha value is -0.880. The van der Waals surface area contributed by atoms with Crippen LogP contribution in [-0.4, -0.2) is 18.7 Å². The molecule has 0 radical (unpaired) electrons. The molecule has 19 heavy (non-hydrogen) atoms. The Morgan fingerprint density at radius 2 is 2.21 bits per heavy atom. The molecule has 1 fully saturated rings. The van der Waals surface area contributed by atoms with Crippen molar-refractivity contribution in [2.75, 3.05) is 23.9 Å². The zero-order valence-corrected chi connectivity index (χ0v) is 13.0. The van der Waals surface area contributed by atoms with Gasteiger partial charge in [-0.05, 0) is 30.9 Å². The third-order valence-corrected chi connectivity index (χ3v) is 5.83. The van der Waals surface area contributed by atoms with Crippen LogP contribution in [0.15, 0.2) is 4.90 Å². The zero-order chi connectivity index (χ0) is 14.0. The minimum Gasteiger partial charge on any atom is -0.396 e. The van der Waals surface area contributed by atoms with Gasteiger partial charge in [0.05, 0.1) is 10.6 Å². The quantitative estimate of drug-likeness (QED) is 0.676. The molecule has 1 amide bonds. The van der Waals surface area contributed by atoms with E-state index >= 15 is 0 Å². The van der Waals surface area contributed by atoms with Crippen molar-refractivity contribution >= 4 is 39.7 Å². The summed E-state index contributed by atoms with van der Waals surface area (Å²) in [6.07, 6.45) is 7.04. The second kappa shape index (κ2) is 5.63. The van der Waals surface area contributed by atoms with E-state index in [-0.39, 0.29) is 0 Å². The fourth-order valence-corrected chi connectivity index (χ4v) is 4.30. The average molecular weight is 299 g/mol. The van der Waals surface area contributed by atoms with Gasteiger partial charge in [0.2, 0.25) is 0 Å². The number of amides is 1. The summed E-state index contributed by atoms with van der Waals surface area (Å²) >= 11 is 2.93. The van der Waals surface area contributed by atoms with E-state index in [9.17, 15) is 4.79 Å². The van der Waals surface area contributed by atoms with E-state index in [1.165, 1.54) is 37.0 Å². The fraction of sp³-hybridized carbons (Fsp3) is 0.615. The number of primary amides is 1. The Morgan fingerprint density at radius 3 is 2.68 bits per heavy atom. The summed E-state index contributed by atoms with van der Waals surface area (Å²) in [4.78, 5) is 12.7. The van der Waals surface area contributed by atoms with Crippen molar-refractivity contribution in [2.45, 2.75) is 37.5 Å². The molecular weight excluding hydrogens is 278 g/mol. The Bertz CT molecular complexity index is 480. The first-order chi connectivity index (χ1) is 9.03. The molecule has 1 heterocycles. The number of nitrogen functional groups attached to an aromatic ring is 1. The number of anilines is 2. The summed E-state index contributed by atoms with van der Waals surface area (Å²) in [5, 5.41) is 4.46. The Labute approximate surface area is 122 Å². The third-order valence-electron chi connectivity index (χ3n) is 3.69. The van der Waals surface area contributed by atoms with Gasteiger partial charge in [-0.25, -0.2) is 0 Å². The number of thioether (sulfide) groups is 1. The number of carbonyl (C=O) groups is 1. The predicted molar refractivity (Wildman–Crippen MR) is 84.1 cm³/mol. The molecule has 5 N–H and O–H groups in total. The van der Waals surface area contributed by atoms with Gasteiger partial charge in [0.15, 0.2) is 0 Å². The van der Waals surface area contributed by atoms with Crippen molar-refractivity contribution in [1.82, 2.24) is 0 Å². The Balaban J connectivity index is 2.12. The predicted octanol–water partition coefficient (Wildman–Crippen LogP) is 3.14. The molecule has 0 spiro atoms. The highest BCUT2D eigenvalue weighted by atomic mass is 32.2. The highest BCUT2D eigenvalue weighted by molar-refractivity contribution is 7.99. The van der Waals surface area contributed by atoms with Gasteiger partial charge in [-0.3, -0.25) is 4.79 Å². The largest absolute Gasteiger partial charge is 0.396 e. The molecule has 0 aliphatic heterocycles. The SMILES string of the molecule is CCCC1(CNc2sc(C(N)=O)c(N)c2SC)CC1. The van der Waals surface area contributed by atoms with E-state index in [0.717, 1.165) is 16.4 Å². The van der Waals surface area contributed by atoms with E-state index in [2.05, 4.69) is 12.2 Å². The summed E-state index contributed by atoms with van der Waals surface area (Å²) in [6.45, 7) is 3.19. The summed E-state index contributed by atoms with van der Waals surface area (Å²) in [5.74, 6) is -0.444. The van der Waals surface area contributed by atoms with Gasteiger partial charge in [0, 0.05) is 6.54 Å². The van der Waals surface area contributed by atoms with Crippen LogP contribution in [0.5, 0.6) is 0 Å². The van der Waals surface area contributed by atoms with Crippen LogP contribution in [0.1, 0.15) is 42.3 Å². The number of rotatable bonds is 7. The van der Waals surface area contributed by atoms with Crippen molar-refractivity contribution in [3.63, 3.8) is 0 Å². The van der Waals surface area contributed by atoms with Gasteiger partial charge in [-0.1, -0.05) is 13.3 Å². The lowest BCUT2D eigenvalue weighted by atomic mass is 10.0. The van der Waals surface area contributed by atoms with Crippen LogP contribution in [0.2, 0.25) is 0 Å². The molecule has 0 aromatic carbocycles. The summed E-state index contributed by atoms with van der Waals surface area (Å²) in [5.41, 5.74) is 12.3. The molecule has 0 saturated heterocycles. The molecule has 6 heteroatoms. The Morgan fingerprint density at radius 1 is 1.53 bits per heavy atom. The molecule has 0 atom stereocenters. The minimum absolute atomic E-state index is 0.444. The molecule has 4 nitrogen and oxygen atoms in total. The monoisotopic (exact) mass is 299 g/mol. The number of hydrogen-bond donors (Lipinski definition) is 3. The van der Waals surface area contributed by atoms with E-state index in [1.54, 1.807) is 11.8 Å². The van der Waals surface area contributed by atoms with Crippen molar-refractivity contribution < 1.29 is 4.79 Å². The molecule has 1 aromatic rings. The lowest BCUT2D eigenvalue weighted by Gasteiger charge is -2.15. The topological polar surface area (TPSA) is 81.1 Å². The van der Waals surface area contributed by atoms with Gasteiger partial charge >= 0.3 is 0 Å². The van der Waals surface area contributed by atoms with E-state index < -0.39 is 5.91 Å². The molecule has 1 aromatic heterocycles. The average Bonchev–Trinajstić information content (AvgIpc) is 3.04. The van der Waals surface area contributed by atoms with E-state index in [1.807, 2.05) is 6.26 Å². The van der Waals surface area contributed by atoms with Crippen LogP contribution in [0.3, 0.4) is 0 Å². The van der Waals surface area contributed by atoms with Gasteiger partial charge in [0.25, 0.3) is 5.91 Å². The zero-order valence-electron chi connectivity index (χ0n) is 11.4. The third kappa shape index (κ3) is 3.00. The van der Waals surface area contributed by atoms with Crippen molar-refractivity contribution in [1.29, 1.82) is 0 Å². The highest BCUT2D eigenvalue weighted by Crippen LogP contribution is 2.50. The van der Waals surface area contributed by atoms with Gasteiger partial charge in [0.1, 0.15) is 9.88 Å². The normalized spacial score (nSPS) is 16.3. The molecule has 1 aliphatic rings. The summed E-state index contributed by atoms with van der Waals surface area (Å²) in [7, 11) is 0. The smallest absolute Gasteiger partial charge is 0.261 e.